The molecule has 0 atom stereocenters. The number of ether oxygens (including phenoxy) is 2. The number of carbonyl (C=O) groups excluding carboxylic acids is 1. The van der Waals surface area contributed by atoms with Gasteiger partial charge in [-0.15, -0.1) is 11.3 Å². The van der Waals surface area contributed by atoms with Gasteiger partial charge in [0.15, 0.2) is 5.82 Å². The summed E-state index contributed by atoms with van der Waals surface area (Å²) in [6.45, 7) is 7.37. The molecule has 0 unspecified atom stereocenters. The number of methoxy groups -OCH3 is 1. The minimum absolute atomic E-state index is 0.359. The summed E-state index contributed by atoms with van der Waals surface area (Å²) in [5.41, 5.74) is 9.34. The Balaban J connectivity index is 1.78. The summed E-state index contributed by atoms with van der Waals surface area (Å²) in [6, 6.07) is 7.47. The molecule has 3 heterocycles. The van der Waals surface area contributed by atoms with Gasteiger partial charge in [-0.1, -0.05) is 6.07 Å². The zero-order valence-corrected chi connectivity index (χ0v) is 19.3. The molecule has 0 spiro atoms. The zero-order chi connectivity index (χ0) is 23.0. The number of thiazole rings is 1. The molecule has 166 valence electrons. The third-order valence-corrected chi connectivity index (χ3v) is 5.54. The number of nitrogen functional groups attached to an aromatic ring is 1. The second-order valence-electron chi connectivity index (χ2n) is 8.13. The van der Waals surface area contributed by atoms with Crippen molar-refractivity contribution in [3.8, 4) is 27.4 Å². The van der Waals surface area contributed by atoms with Crippen molar-refractivity contribution < 1.29 is 14.3 Å². The molecule has 3 aromatic heterocycles. The van der Waals surface area contributed by atoms with Gasteiger partial charge in [0.05, 0.1) is 28.4 Å². The molecular formula is C22H24N6O3S. The van der Waals surface area contributed by atoms with Crippen molar-refractivity contribution in [2.45, 2.75) is 33.3 Å². The van der Waals surface area contributed by atoms with Gasteiger partial charge in [0.1, 0.15) is 23.2 Å². The lowest BCUT2D eigenvalue weighted by Gasteiger charge is -2.20. The molecule has 9 nitrogen and oxygen atoms in total. The third-order valence-electron chi connectivity index (χ3n) is 4.60. The Morgan fingerprint density at radius 1 is 1.22 bits per heavy atom. The second kappa shape index (κ2) is 8.12. The molecule has 3 N–H and O–H groups in total. The van der Waals surface area contributed by atoms with Crippen molar-refractivity contribution in [1.82, 2.24) is 19.6 Å². The van der Waals surface area contributed by atoms with E-state index in [0.29, 0.717) is 22.8 Å². The predicted octanol–water partition coefficient (Wildman–Crippen LogP) is 4.77. The molecular weight excluding hydrogens is 428 g/mol. The smallest absolute Gasteiger partial charge is 0.412 e. The van der Waals surface area contributed by atoms with Crippen LogP contribution < -0.4 is 15.8 Å². The van der Waals surface area contributed by atoms with E-state index in [0.717, 1.165) is 26.7 Å². The molecule has 0 fully saturated rings. The van der Waals surface area contributed by atoms with Gasteiger partial charge in [-0.05, 0) is 51.5 Å². The summed E-state index contributed by atoms with van der Waals surface area (Å²) in [5.74, 6) is 0.843. The van der Waals surface area contributed by atoms with Crippen LogP contribution in [0.3, 0.4) is 0 Å². The van der Waals surface area contributed by atoms with Gasteiger partial charge in [-0.3, -0.25) is 5.32 Å². The fraction of sp³-hybridized carbons (Fsp3) is 0.273. The minimum Gasteiger partial charge on any atom is -0.495 e. The Labute approximate surface area is 189 Å². The number of fused-ring (bicyclic) bond motifs is 1. The summed E-state index contributed by atoms with van der Waals surface area (Å²) >= 11 is 1.57. The highest BCUT2D eigenvalue weighted by atomic mass is 32.1. The Hall–Kier alpha value is -3.66. The molecule has 0 aliphatic carbocycles. The van der Waals surface area contributed by atoms with Crippen LogP contribution in [0.2, 0.25) is 0 Å². The highest BCUT2D eigenvalue weighted by Crippen LogP contribution is 2.39. The number of amides is 1. The van der Waals surface area contributed by atoms with E-state index in [1.165, 1.54) is 6.33 Å². The van der Waals surface area contributed by atoms with E-state index in [2.05, 4.69) is 20.4 Å². The fourth-order valence-electron chi connectivity index (χ4n) is 3.32. The lowest BCUT2D eigenvalue weighted by atomic mass is 10.1. The second-order valence-corrected chi connectivity index (χ2v) is 9.37. The quantitative estimate of drug-likeness (QED) is 0.458. The molecule has 1 aromatic carbocycles. The zero-order valence-electron chi connectivity index (χ0n) is 18.5. The van der Waals surface area contributed by atoms with Gasteiger partial charge in [0.2, 0.25) is 0 Å². The standard InChI is InChI=1S/C22H24N6O3S/c1-12-24-10-18(32-12)16-9-14(19-20(23)25-11-26-28(16)19)13-6-7-15(17(8-13)30-5)27-21(29)31-22(2,3)4/h6-11H,1-5H3,(H,27,29)(H2,23,25,26). The maximum Gasteiger partial charge on any atom is 0.412 e. The van der Waals surface area contributed by atoms with Gasteiger partial charge < -0.3 is 15.2 Å². The molecule has 0 aliphatic rings. The maximum absolute atomic E-state index is 12.2. The summed E-state index contributed by atoms with van der Waals surface area (Å²) in [5, 5.41) is 8.09. The number of rotatable bonds is 4. The number of anilines is 2. The minimum atomic E-state index is -0.606. The number of hydrogen-bond donors (Lipinski definition) is 2. The molecule has 1 amide bonds. The van der Waals surface area contributed by atoms with Crippen LogP contribution in [0.1, 0.15) is 25.8 Å². The normalized spacial score (nSPS) is 11.5. The van der Waals surface area contributed by atoms with Crippen LogP contribution in [0.25, 0.3) is 27.2 Å². The average Bonchev–Trinajstić information content (AvgIpc) is 3.31. The first-order valence-electron chi connectivity index (χ1n) is 9.89. The van der Waals surface area contributed by atoms with Gasteiger partial charge in [-0.25, -0.2) is 19.3 Å². The highest BCUT2D eigenvalue weighted by molar-refractivity contribution is 7.15. The number of benzene rings is 1. The van der Waals surface area contributed by atoms with Crippen molar-refractivity contribution >= 4 is 34.5 Å². The topological polar surface area (TPSA) is 117 Å². The van der Waals surface area contributed by atoms with Crippen LogP contribution in [0.5, 0.6) is 5.75 Å². The number of aromatic nitrogens is 4. The number of nitrogens with one attached hydrogen (secondary N) is 1. The first-order valence-corrected chi connectivity index (χ1v) is 10.7. The van der Waals surface area contributed by atoms with Crippen LogP contribution in [-0.2, 0) is 4.74 Å². The van der Waals surface area contributed by atoms with E-state index in [1.54, 1.807) is 49.8 Å². The maximum atomic E-state index is 12.2. The van der Waals surface area contributed by atoms with Gasteiger partial charge >= 0.3 is 6.09 Å². The molecule has 32 heavy (non-hydrogen) atoms. The summed E-state index contributed by atoms with van der Waals surface area (Å²) in [7, 11) is 1.54. The van der Waals surface area contributed by atoms with Crippen molar-refractivity contribution in [3.05, 3.63) is 41.8 Å². The first-order chi connectivity index (χ1) is 15.2. The van der Waals surface area contributed by atoms with E-state index in [-0.39, 0.29) is 0 Å². The largest absolute Gasteiger partial charge is 0.495 e. The van der Waals surface area contributed by atoms with Crippen LogP contribution in [0.4, 0.5) is 16.3 Å². The lowest BCUT2D eigenvalue weighted by Crippen LogP contribution is -2.27. The van der Waals surface area contributed by atoms with Gasteiger partial charge in [-0.2, -0.15) is 5.10 Å². The molecule has 10 heteroatoms. The van der Waals surface area contributed by atoms with E-state index in [1.807, 2.05) is 31.3 Å². The van der Waals surface area contributed by atoms with Crippen LogP contribution >= 0.6 is 11.3 Å². The Kier molecular flexibility index (Phi) is 5.47. The Morgan fingerprint density at radius 3 is 2.66 bits per heavy atom. The summed E-state index contributed by atoms with van der Waals surface area (Å²) in [6.07, 6.45) is 2.69. The van der Waals surface area contributed by atoms with Crippen LogP contribution in [-0.4, -0.2) is 38.4 Å². The molecule has 0 bridgehead atoms. The van der Waals surface area contributed by atoms with Crippen LogP contribution in [0, 0.1) is 6.92 Å². The van der Waals surface area contributed by atoms with Crippen molar-refractivity contribution in [3.63, 3.8) is 0 Å². The fourth-order valence-corrected chi connectivity index (χ4v) is 4.10. The Morgan fingerprint density at radius 2 is 2.00 bits per heavy atom. The number of aryl methyl sites for hydroxylation is 1. The van der Waals surface area contributed by atoms with Crippen molar-refractivity contribution in [2.24, 2.45) is 0 Å². The summed E-state index contributed by atoms with van der Waals surface area (Å²) < 4.78 is 12.6. The van der Waals surface area contributed by atoms with Gasteiger partial charge in [0, 0.05) is 11.8 Å². The predicted molar refractivity (Wildman–Crippen MR) is 125 cm³/mol. The summed E-state index contributed by atoms with van der Waals surface area (Å²) in [4.78, 5) is 21.7. The first kappa shape index (κ1) is 21.6. The molecule has 0 aliphatic heterocycles. The SMILES string of the molecule is COc1cc(-c2cc(-c3cnc(C)s3)n3ncnc(N)c23)ccc1NC(=O)OC(C)(C)C. The van der Waals surface area contributed by atoms with E-state index in [4.69, 9.17) is 15.2 Å². The molecule has 0 saturated heterocycles. The molecule has 4 aromatic rings. The molecule has 0 radical (unpaired) electrons. The number of carbonyl (C=O) groups is 1. The number of nitrogens with zero attached hydrogens (tertiary/aromatic N) is 4. The number of nitrogens with two attached hydrogens (primary N) is 1. The lowest BCUT2D eigenvalue weighted by molar-refractivity contribution is 0.0635. The van der Waals surface area contributed by atoms with E-state index in [9.17, 15) is 4.79 Å². The van der Waals surface area contributed by atoms with Crippen LogP contribution in [0.15, 0.2) is 36.8 Å². The van der Waals surface area contributed by atoms with Crippen molar-refractivity contribution in [2.75, 3.05) is 18.2 Å². The monoisotopic (exact) mass is 452 g/mol. The number of hydrogen-bond acceptors (Lipinski definition) is 8. The van der Waals surface area contributed by atoms with Gasteiger partial charge in [0.25, 0.3) is 0 Å². The van der Waals surface area contributed by atoms with Crippen molar-refractivity contribution in [1.29, 1.82) is 0 Å². The van der Waals surface area contributed by atoms with E-state index >= 15 is 0 Å². The third kappa shape index (κ3) is 4.22. The highest BCUT2D eigenvalue weighted by Gasteiger charge is 2.20. The molecule has 0 saturated carbocycles. The van der Waals surface area contributed by atoms with E-state index < -0.39 is 11.7 Å². The average molecular weight is 453 g/mol. The molecule has 4 rings (SSSR count). The Bertz CT molecular complexity index is 1300.